The van der Waals surface area contributed by atoms with Crippen LogP contribution in [0.5, 0.6) is 5.75 Å². The van der Waals surface area contributed by atoms with E-state index in [1.807, 2.05) is 89.2 Å². The van der Waals surface area contributed by atoms with Gasteiger partial charge in [0.1, 0.15) is 11.5 Å². The molecule has 4 rings (SSSR count). The normalized spacial score (nSPS) is 16.6. The summed E-state index contributed by atoms with van der Waals surface area (Å²) >= 11 is 0. The van der Waals surface area contributed by atoms with Gasteiger partial charge < -0.3 is 14.7 Å². The molecule has 0 aromatic heterocycles. The van der Waals surface area contributed by atoms with Gasteiger partial charge in [0, 0.05) is 30.0 Å². The van der Waals surface area contributed by atoms with Crippen LogP contribution < -0.4 is 14.5 Å². The number of amides is 1. The van der Waals surface area contributed by atoms with Gasteiger partial charge in [0.25, 0.3) is 11.7 Å². The molecule has 1 aliphatic rings. The molecule has 1 amide bonds. The zero-order valence-corrected chi connectivity index (χ0v) is 24.8. The Hall–Kier alpha value is -4.06. The lowest BCUT2D eigenvalue weighted by molar-refractivity contribution is -0.132. The molecule has 3 aromatic rings. The number of nitrogens with zero attached hydrogens (tertiary/aromatic N) is 2. The van der Waals surface area contributed by atoms with Crippen LogP contribution >= 0.6 is 0 Å². The number of aryl methyl sites for hydroxylation is 2. The van der Waals surface area contributed by atoms with E-state index in [1.54, 1.807) is 12.0 Å². The molecule has 40 heavy (non-hydrogen) atoms. The summed E-state index contributed by atoms with van der Waals surface area (Å²) in [7, 11) is 1.62. The number of anilines is 2. The highest BCUT2D eigenvalue weighted by Crippen LogP contribution is 2.45. The van der Waals surface area contributed by atoms with Gasteiger partial charge in [-0.05, 0) is 98.7 Å². The van der Waals surface area contributed by atoms with Crippen molar-refractivity contribution in [2.24, 2.45) is 0 Å². The number of hydrogen-bond donors (Lipinski definition) is 1. The first-order valence-corrected chi connectivity index (χ1v) is 14.0. The summed E-state index contributed by atoms with van der Waals surface area (Å²) in [4.78, 5) is 31.3. The van der Waals surface area contributed by atoms with E-state index >= 15 is 0 Å². The first-order chi connectivity index (χ1) is 19.0. The van der Waals surface area contributed by atoms with Gasteiger partial charge in [-0.3, -0.25) is 14.5 Å². The second kappa shape index (κ2) is 11.6. The number of Topliss-reactive ketones (excluding diaryl/α,β-unsaturated/α-hetero) is 1. The molecule has 6 nitrogen and oxygen atoms in total. The van der Waals surface area contributed by atoms with Gasteiger partial charge in [-0.25, -0.2) is 0 Å². The highest BCUT2D eigenvalue weighted by Gasteiger charge is 2.47. The summed E-state index contributed by atoms with van der Waals surface area (Å²) in [6, 6.07) is 16.6. The van der Waals surface area contributed by atoms with Crippen LogP contribution in [0, 0.1) is 20.8 Å². The van der Waals surface area contributed by atoms with E-state index in [9.17, 15) is 14.7 Å². The maximum Gasteiger partial charge on any atom is 0.300 e. The third kappa shape index (κ3) is 4.99. The molecule has 0 bridgehead atoms. The molecule has 1 unspecified atom stereocenters. The summed E-state index contributed by atoms with van der Waals surface area (Å²) in [6.45, 7) is 15.9. The second-order valence-corrected chi connectivity index (χ2v) is 10.7. The van der Waals surface area contributed by atoms with Crippen molar-refractivity contribution in [1.29, 1.82) is 0 Å². The molecule has 210 valence electrons. The number of hydrogen-bond acceptors (Lipinski definition) is 5. The van der Waals surface area contributed by atoms with E-state index in [4.69, 9.17) is 4.74 Å². The molecule has 1 heterocycles. The predicted molar refractivity (Wildman–Crippen MR) is 163 cm³/mol. The fourth-order valence-corrected chi connectivity index (χ4v) is 5.58. The number of aliphatic hydroxyl groups excluding tert-OH is 1. The van der Waals surface area contributed by atoms with Crippen molar-refractivity contribution in [3.8, 4) is 5.75 Å². The molecule has 1 saturated heterocycles. The zero-order valence-electron chi connectivity index (χ0n) is 24.8. The van der Waals surface area contributed by atoms with Crippen LogP contribution in [0.25, 0.3) is 5.76 Å². The monoisotopic (exact) mass is 540 g/mol. The Bertz CT molecular complexity index is 1470. The van der Waals surface area contributed by atoms with Crippen molar-refractivity contribution in [1.82, 2.24) is 0 Å². The molecule has 0 radical (unpaired) electrons. The number of ether oxygens (including phenoxy) is 1. The van der Waals surface area contributed by atoms with E-state index in [1.165, 1.54) is 0 Å². The van der Waals surface area contributed by atoms with Crippen LogP contribution in [0.4, 0.5) is 11.4 Å². The Morgan fingerprint density at radius 3 is 2.20 bits per heavy atom. The van der Waals surface area contributed by atoms with Crippen LogP contribution in [-0.4, -0.2) is 37.0 Å². The lowest BCUT2D eigenvalue weighted by Crippen LogP contribution is -2.30. The van der Waals surface area contributed by atoms with Gasteiger partial charge in [0.15, 0.2) is 0 Å². The molecule has 3 aromatic carbocycles. The summed E-state index contributed by atoms with van der Waals surface area (Å²) in [5.41, 5.74) is 6.69. The third-order valence-electron chi connectivity index (χ3n) is 8.07. The SMILES string of the molecule is CCN(CC)c1ccc(C2/C(=C(\O)c3cc(C(C)C)c(OC)cc3C)C(=O)C(=O)N2c2cccc(C)c2C)cc1. The minimum absolute atomic E-state index is 0.0875. The molecular formula is C34H40N2O4. The molecule has 0 spiro atoms. The van der Waals surface area contributed by atoms with Crippen molar-refractivity contribution in [2.75, 3.05) is 30.0 Å². The second-order valence-electron chi connectivity index (χ2n) is 10.7. The zero-order chi connectivity index (χ0) is 29.3. The van der Waals surface area contributed by atoms with Crippen molar-refractivity contribution in [2.45, 2.75) is 60.4 Å². The number of carbonyl (C=O) groups is 2. The van der Waals surface area contributed by atoms with Crippen molar-refractivity contribution < 1.29 is 19.4 Å². The maximum atomic E-state index is 13.8. The van der Waals surface area contributed by atoms with E-state index in [0.29, 0.717) is 11.3 Å². The van der Waals surface area contributed by atoms with Crippen molar-refractivity contribution >= 4 is 28.8 Å². The molecule has 1 aliphatic heterocycles. The number of benzene rings is 3. The topological polar surface area (TPSA) is 70.1 Å². The molecule has 1 N–H and O–H groups in total. The number of aliphatic hydroxyl groups is 1. The van der Waals surface area contributed by atoms with E-state index < -0.39 is 17.7 Å². The standard InChI is InChI=1S/C34H40N2O4/c1-9-35(10-2)25-16-14-24(15-17-25)31-30(32(37)27-19-26(20(3)4)29(40-8)18-22(27)6)33(38)34(39)36(31)28-13-11-12-21(5)23(28)7/h11-20,31,37H,9-10H2,1-8H3/b32-30+. The smallest absolute Gasteiger partial charge is 0.300 e. The number of ketones is 1. The van der Waals surface area contributed by atoms with Crippen molar-refractivity contribution in [3.63, 3.8) is 0 Å². The summed E-state index contributed by atoms with van der Waals surface area (Å²) in [5.74, 6) is -0.668. The number of methoxy groups -OCH3 is 1. The van der Waals surface area contributed by atoms with Crippen LogP contribution in [-0.2, 0) is 9.59 Å². The molecule has 6 heteroatoms. The van der Waals surface area contributed by atoms with Crippen molar-refractivity contribution in [3.05, 3.63) is 93.6 Å². The minimum atomic E-state index is -0.782. The van der Waals surface area contributed by atoms with Gasteiger partial charge in [-0.15, -0.1) is 0 Å². The minimum Gasteiger partial charge on any atom is -0.507 e. The average molecular weight is 541 g/mol. The van der Waals surface area contributed by atoms with Crippen LogP contribution in [0.1, 0.15) is 73.0 Å². The molecular weight excluding hydrogens is 500 g/mol. The van der Waals surface area contributed by atoms with Crippen LogP contribution in [0.2, 0.25) is 0 Å². The van der Waals surface area contributed by atoms with E-state index in [-0.39, 0.29) is 17.3 Å². The maximum absolute atomic E-state index is 13.8. The molecule has 1 fully saturated rings. The first kappa shape index (κ1) is 28.9. The summed E-state index contributed by atoms with van der Waals surface area (Å²) < 4.78 is 5.59. The Kier molecular flexibility index (Phi) is 8.38. The number of carbonyl (C=O) groups excluding carboxylic acids is 2. The van der Waals surface area contributed by atoms with Crippen LogP contribution in [0.15, 0.2) is 60.2 Å². The third-order valence-corrected chi connectivity index (χ3v) is 8.07. The van der Waals surface area contributed by atoms with Gasteiger partial charge in [-0.1, -0.05) is 38.1 Å². The van der Waals surface area contributed by atoms with Gasteiger partial charge in [0.2, 0.25) is 0 Å². The predicted octanol–water partition coefficient (Wildman–Crippen LogP) is 7.22. The molecule has 1 atom stereocenters. The highest BCUT2D eigenvalue weighted by atomic mass is 16.5. The average Bonchev–Trinajstić information content (AvgIpc) is 3.20. The Morgan fingerprint density at radius 1 is 0.975 bits per heavy atom. The Labute approximate surface area is 237 Å². The van der Waals surface area contributed by atoms with Gasteiger partial charge in [0.05, 0.1) is 18.7 Å². The van der Waals surface area contributed by atoms with E-state index in [2.05, 4.69) is 18.7 Å². The first-order valence-electron chi connectivity index (χ1n) is 14.0. The summed E-state index contributed by atoms with van der Waals surface area (Å²) in [6.07, 6.45) is 0. The van der Waals surface area contributed by atoms with Gasteiger partial charge >= 0.3 is 0 Å². The fourth-order valence-electron chi connectivity index (χ4n) is 5.58. The fraction of sp³-hybridized carbons (Fsp3) is 0.353. The summed E-state index contributed by atoms with van der Waals surface area (Å²) in [5, 5.41) is 11.8. The number of rotatable bonds is 8. The quantitative estimate of drug-likeness (QED) is 0.186. The Morgan fingerprint density at radius 2 is 1.62 bits per heavy atom. The lowest BCUT2D eigenvalue weighted by atomic mass is 9.90. The lowest BCUT2D eigenvalue weighted by Gasteiger charge is -2.28. The van der Waals surface area contributed by atoms with Gasteiger partial charge in [-0.2, -0.15) is 0 Å². The highest BCUT2D eigenvalue weighted by molar-refractivity contribution is 6.51. The molecule has 0 aliphatic carbocycles. The van der Waals surface area contributed by atoms with E-state index in [0.717, 1.165) is 52.3 Å². The Balaban J connectivity index is 1.99. The molecule has 0 saturated carbocycles. The largest absolute Gasteiger partial charge is 0.507 e. The van der Waals surface area contributed by atoms with Crippen LogP contribution in [0.3, 0.4) is 0 Å².